The topological polar surface area (TPSA) is 114 Å². The van der Waals surface area contributed by atoms with Crippen molar-refractivity contribution in [1.29, 1.82) is 5.26 Å². The molecule has 4 rings (SSSR count). The summed E-state index contributed by atoms with van der Waals surface area (Å²) in [5, 5.41) is 25.1. The van der Waals surface area contributed by atoms with Crippen LogP contribution in [-0.4, -0.2) is 58.3 Å². The molecule has 48 heavy (non-hydrogen) atoms. The van der Waals surface area contributed by atoms with Gasteiger partial charge in [-0.15, -0.1) is 0 Å². The molecular formula is C39H65FN6O2. The van der Waals surface area contributed by atoms with Gasteiger partial charge in [-0.25, -0.2) is 9.37 Å². The predicted octanol–water partition coefficient (Wildman–Crippen LogP) is 8.86. The van der Waals surface area contributed by atoms with Crippen LogP contribution < -0.4 is 15.5 Å². The monoisotopic (exact) mass is 669 g/mol. The minimum Gasteiger partial charge on any atom is -0.390 e. The lowest BCUT2D eigenvalue weighted by Crippen LogP contribution is -2.56. The first-order valence-electron chi connectivity index (χ1n) is 18.0. The third kappa shape index (κ3) is 15.0. The second-order valence-corrected chi connectivity index (χ2v) is 14.4. The fraction of sp³-hybridized carbons (Fsp3) is 0.692. The maximum Gasteiger partial charge on any atom is 0.227 e. The van der Waals surface area contributed by atoms with Crippen molar-refractivity contribution in [2.75, 3.05) is 36.4 Å². The number of aryl methyl sites for hydroxylation is 2. The number of aliphatic hydroxyl groups is 1. The average molecular weight is 669 g/mol. The van der Waals surface area contributed by atoms with E-state index in [4.69, 9.17) is 10.1 Å². The number of aromatic nitrogens is 2. The molecule has 3 N–H and O–H groups in total. The average Bonchev–Trinajstić information content (AvgIpc) is 2.99. The standard InChI is InChI=1S/C24H31FN6.C6H14O.C5H10O.C4H10/c1-15-5-6-21(7-16(15)2)29-22-19(9-26)12-28-23(30-22)31-13-17(3)24(4,25)20(14-31)8-18-10-27-11-18;1-4-5-6(2,3)7;1-3-4-5(2)6;1-3-4-2/h5-7,12,17-18,20,27H,8,10-11,13-14H2,1-4H3,(H,28,29,30);7H,4-5H2,1-3H3;3-4H2,1-2H3;3-4H2,1-2H3. The first-order valence-corrected chi connectivity index (χ1v) is 18.0. The van der Waals surface area contributed by atoms with Gasteiger partial charge >= 0.3 is 0 Å². The van der Waals surface area contributed by atoms with Gasteiger partial charge in [-0.2, -0.15) is 10.2 Å². The number of unbranched alkanes of at least 4 members (excludes halogenated alkanes) is 1. The van der Waals surface area contributed by atoms with Crippen LogP contribution in [0.5, 0.6) is 0 Å². The zero-order valence-electron chi connectivity index (χ0n) is 31.8. The molecule has 0 spiro atoms. The van der Waals surface area contributed by atoms with Gasteiger partial charge in [0.25, 0.3) is 0 Å². The Balaban J connectivity index is 0.000000560. The van der Waals surface area contributed by atoms with Gasteiger partial charge < -0.3 is 25.4 Å². The third-order valence-corrected chi connectivity index (χ3v) is 9.09. The molecule has 3 unspecified atom stereocenters. The molecule has 3 heterocycles. The largest absolute Gasteiger partial charge is 0.390 e. The van der Waals surface area contributed by atoms with Crippen LogP contribution in [0.2, 0.25) is 0 Å². The number of halogens is 1. The summed E-state index contributed by atoms with van der Waals surface area (Å²) >= 11 is 0. The first-order chi connectivity index (χ1) is 22.5. The molecule has 2 saturated heterocycles. The Morgan fingerprint density at radius 1 is 1.12 bits per heavy atom. The van der Waals surface area contributed by atoms with E-state index in [-0.39, 0.29) is 17.6 Å². The SMILES string of the molecule is CCCC.CCCC(C)(C)O.CCCC(C)=O.Cc1ccc(Nc2nc(N3CC(C)C(C)(F)C(CC4CNC4)C3)ncc2C#N)cc1C. The highest BCUT2D eigenvalue weighted by Gasteiger charge is 2.46. The quantitative estimate of drug-likeness (QED) is 0.230. The van der Waals surface area contributed by atoms with Crippen molar-refractivity contribution in [2.45, 2.75) is 132 Å². The van der Waals surface area contributed by atoms with Crippen LogP contribution in [0.1, 0.15) is 124 Å². The number of ketones is 1. The molecule has 8 nitrogen and oxygen atoms in total. The minimum absolute atomic E-state index is 0.0706. The highest BCUT2D eigenvalue weighted by atomic mass is 19.1. The molecule has 2 aliphatic rings. The number of alkyl halides is 1. The molecule has 1 aromatic carbocycles. The summed E-state index contributed by atoms with van der Waals surface area (Å²) in [5.41, 5.74) is 1.98. The Labute approximate surface area is 291 Å². The van der Waals surface area contributed by atoms with Crippen LogP contribution in [0.25, 0.3) is 0 Å². The van der Waals surface area contributed by atoms with Gasteiger partial charge in [0.2, 0.25) is 5.95 Å². The molecule has 0 amide bonds. The van der Waals surface area contributed by atoms with E-state index >= 15 is 4.39 Å². The first kappa shape index (κ1) is 42.9. The summed E-state index contributed by atoms with van der Waals surface area (Å²) in [5.74, 6) is 1.66. The number of nitrogens with one attached hydrogen (secondary N) is 2. The van der Waals surface area contributed by atoms with Crippen LogP contribution in [0.3, 0.4) is 0 Å². The van der Waals surface area contributed by atoms with Crippen LogP contribution in [0.4, 0.5) is 21.8 Å². The molecule has 3 atom stereocenters. The minimum atomic E-state index is -1.21. The maximum absolute atomic E-state index is 15.6. The van der Waals surface area contributed by atoms with Gasteiger partial charge in [0.05, 0.1) is 11.8 Å². The Bertz CT molecular complexity index is 1280. The molecule has 2 aliphatic heterocycles. The number of nitriles is 1. The second kappa shape index (κ2) is 21.1. The molecule has 2 fully saturated rings. The van der Waals surface area contributed by atoms with Crippen molar-refractivity contribution in [3.05, 3.63) is 41.1 Å². The number of rotatable bonds is 10. The summed E-state index contributed by atoms with van der Waals surface area (Å²) in [6, 6.07) is 8.23. The van der Waals surface area contributed by atoms with Crippen LogP contribution in [0.15, 0.2) is 24.4 Å². The number of Topliss-reactive ketones (excluding diaryl/α,β-unsaturated/α-hetero) is 1. The number of anilines is 3. The lowest BCUT2D eigenvalue weighted by Gasteiger charge is -2.47. The van der Waals surface area contributed by atoms with Crippen molar-refractivity contribution < 1.29 is 14.3 Å². The van der Waals surface area contributed by atoms with Crippen molar-refractivity contribution in [1.82, 2.24) is 15.3 Å². The Morgan fingerprint density at radius 3 is 2.19 bits per heavy atom. The number of hydrogen-bond donors (Lipinski definition) is 3. The molecule has 0 saturated carbocycles. The smallest absolute Gasteiger partial charge is 0.227 e. The highest BCUT2D eigenvalue weighted by molar-refractivity contribution is 5.75. The van der Waals surface area contributed by atoms with Gasteiger partial charge in [0.15, 0.2) is 5.82 Å². The summed E-state index contributed by atoms with van der Waals surface area (Å²) in [6.07, 6.45) is 8.74. The zero-order valence-corrected chi connectivity index (χ0v) is 31.8. The Morgan fingerprint density at radius 2 is 1.77 bits per heavy atom. The summed E-state index contributed by atoms with van der Waals surface area (Å²) in [7, 11) is 0. The number of hydrogen-bond acceptors (Lipinski definition) is 8. The van der Waals surface area contributed by atoms with Gasteiger partial charge in [0.1, 0.15) is 23.1 Å². The molecule has 0 radical (unpaired) electrons. The number of benzene rings is 1. The van der Waals surface area contributed by atoms with Crippen molar-refractivity contribution in [2.24, 2.45) is 17.8 Å². The number of carbonyl (C=O) groups excluding carboxylic acids is 1. The molecule has 9 heteroatoms. The van der Waals surface area contributed by atoms with E-state index in [9.17, 15) is 10.1 Å². The molecule has 0 bridgehead atoms. The van der Waals surface area contributed by atoms with Gasteiger partial charge in [0, 0.05) is 37.0 Å². The van der Waals surface area contributed by atoms with E-state index in [2.05, 4.69) is 61.2 Å². The second-order valence-electron chi connectivity index (χ2n) is 14.4. The van der Waals surface area contributed by atoms with Gasteiger partial charge in [-0.1, -0.05) is 59.9 Å². The Hall–Kier alpha value is -3.09. The molecule has 270 valence electrons. The van der Waals surface area contributed by atoms with E-state index in [1.54, 1.807) is 20.0 Å². The Kier molecular flexibility index (Phi) is 18.9. The predicted molar refractivity (Wildman–Crippen MR) is 199 cm³/mol. The number of piperidine rings is 1. The number of carbonyl (C=O) groups is 1. The van der Waals surface area contributed by atoms with Crippen molar-refractivity contribution in [3.8, 4) is 6.07 Å². The van der Waals surface area contributed by atoms with Gasteiger partial charge in [-0.05, 0) is 103 Å². The zero-order chi connectivity index (χ0) is 36.5. The van der Waals surface area contributed by atoms with E-state index in [0.717, 1.165) is 56.4 Å². The third-order valence-electron chi connectivity index (χ3n) is 9.09. The van der Waals surface area contributed by atoms with Crippen molar-refractivity contribution in [3.63, 3.8) is 0 Å². The van der Waals surface area contributed by atoms with Crippen molar-refractivity contribution >= 4 is 23.2 Å². The lowest BCUT2D eigenvalue weighted by molar-refractivity contribution is -0.117. The lowest BCUT2D eigenvalue weighted by atomic mass is 9.72. The van der Waals surface area contributed by atoms with Crippen LogP contribution in [-0.2, 0) is 4.79 Å². The van der Waals surface area contributed by atoms with Crippen LogP contribution in [0, 0.1) is 42.9 Å². The molecule has 1 aromatic heterocycles. The fourth-order valence-corrected chi connectivity index (χ4v) is 5.44. The van der Waals surface area contributed by atoms with E-state index in [0.29, 0.717) is 36.3 Å². The normalized spacial score (nSPS) is 20.4. The maximum atomic E-state index is 15.6. The molecule has 2 aromatic rings. The summed E-state index contributed by atoms with van der Waals surface area (Å²) in [6.45, 7) is 24.6. The van der Waals surface area contributed by atoms with E-state index in [1.165, 1.54) is 18.4 Å². The van der Waals surface area contributed by atoms with E-state index < -0.39 is 11.3 Å². The molecular weight excluding hydrogens is 603 g/mol. The summed E-state index contributed by atoms with van der Waals surface area (Å²) in [4.78, 5) is 21.3. The van der Waals surface area contributed by atoms with E-state index in [1.807, 2.05) is 45.9 Å². The molecule has 0 aliphatic carbocycles. The van der Waals surface area contributed by atoms with Gasteiger partial charge in [-0.3, -0.25) is 0 Å². The fourth-order valence-electron chi connectivity index (χ4n) is 5.44. The number of nitrogens with zero attached hydrogens (tertiary/aromatic N) is 4. The van der Waals surface area contributed by atoms with Crippen LogP contribution >= 0.6 is 0 Å². The highest BCUT2D eigenvalue weighted by Crippen LogP contribution is 2.41. The summed E-state index contributed by atoms with van der Waals surface area (Å²) < 4.78 is 15.6.